The summed E-state index contributed by atoms with van der Waals surface area (Å²) in [6.07, 6.45) is 3.19. The van der Waals surface area contributed by atoms with Gasteiger partial charge in [0.25, 0.3) is 0 Å². The van der Waals surface area contributed by atoms with E-state index in [4.69, 9.17) is 4.74 Å². The van der Waals surface area contributed by atoms with Gasteiger partial charge in [0.2, 0.25) is 0 Å². The standard InChI is InChI=1S/C12H24N2O2/c1-3-14(11-5-6-11)10-9-13-8-7-12(15)16-4-2/h11,13H,3-10H2,1-2H3. The number of hydrogen-bond donors (Lipinski definition) is 1. The van der Waals surface area contributed by atoms with E-state index in [9.17, 15) is 4.79 Å². The molecule has 1 aliphatic carbocycles. The van der Waals surface area contributed by atoms with Crippen molar-refractivity contribution in [1.29, 1.82) is 0 Å². The Balaban J connectivity index is 1.92. The van der Waals surface area contributed by atoms with E-state index in [1.165, 1.54) is 12.8 Å². The highest BCUT2D eigenvalue weighted by molar-refractivity contribution is 5.69. The van der Waals surface area contributed by atoms with Crippen LogP contribution in [0.1, 0.15) is 33.1 Å². The Morgan fingerprint density at radius 3 is 2.69 bits per heavy atom. The Bertz CT molecular complexity index is 205. The van der Waals surface area contributed by atoms with E-state index in [0.717, 1.165) is 32.2 Å². The van der Waals surface area contributed by atoms with Crippen molar-refractivity contribution in [2.45, 2.75) is 39.2 Å². The van der Waals surface area contributed by atoms with Crippen LogP contribution in [-0.2, 0) is 9.53 Å². The minimum absolute atomic E-state index is 0.107. The molecule has 0 amide bonds. The summed E-state index contributed by atoms with van der Waals surface area (Å²) in [5.74, 6) is -0.107. The first-order valence-corrected chi connectivity index (χ1v) is 6.38. The van der Waals surface area contributed by atoms with E-state index in [1.807, 2.05) is 6.92 Å². The molecule has 0 aromatic carbocycles. The van der Waals surface area contributed by atoms with E-state index in [1.54, 1.807) is 0 Å². The minimum Gasteiger partial charge on any atom is -0.466 e. The second-order valence-corrected chi connectivity index (χ2v) is 4.16. The molecule has 0 radical (unpaired) electrons. The van der Waals surface area contributed by atoms with Crippen molar-refractivity contribution < 1.29 is 9.53 Å². The van der Waals surface area contributed by atoms with E-state index >= 15 is 0 Å². The fourth-order valence-corrected chi connectivity index (χ4v) is 1.81. The number of likely N-dealkylation sites (N-methyl/N-ethyl adjacent to an activating group) is 1. The summed E-state index contributed by atoms with van der Waals surface area (Å²) in [5.41, 5.74) is 0. The van der Waals surface area contributed by atoms with Gasteiger partial charge in [-0.3, -0.25) is 9.69 Å². The van der Waals surface area contributed by atoms with Crippen LogP contribution >= 0.6 is 0 Å². The van der Waals surface area contributed by atoms with Gasteiger partial charge in [-0.1, -0.05) is 6.92 Å². The van der Waals surface area contributed by atoms with Crippen molar-refractivity contribution in [2.24, 2.45) is 0 Å². The molecular weight excluding hydrogens is 204 g/mol. The third-order valence-corrected chi connectivity index (χ3v) is 2.86. The first kappa shape index (κ1) is 13.5. The Morgan fingerprint density at radius 1 is 1.38 bits per heavy atom. The van der Waals surface area contributed by atoms with Crippen LogP contribution in [0.5, 0.6) is 0 Å². The van der Waals surface area contributed by atoms with Gasteiger partial charge in [0, 0.05) is 25.7 Å². The highest BCUT2D eigenvalue weighted by atomic mass is 16.5. The fraction of sp³-hybridized carbons (Fsp3) is 0.917. The lowest BCUT2D eigenvalue weighted by Gasteiger charge is -2.19. The van der Waals surface area contributed by atoms with E-state index in [0.29, 0.717) is 13.0 Å². The fourth-order valence-electron chi connectivity index (χ4n) is 1.81. The van der Waals surface area contributed by atoms with Gasteiger partial charge in [-0.05, 0) is 26.3 Å². The average Bonchev–Trinajstić information content (AvgIpc) is 3.07. The van der Waals surface area contributed by atoms with Crippen LogP contribution in [0, 0.1) is 0 Å². The van der Waals surface area contributed by atoms with Crippen LogP contribution < -0.4 is 5.32 Å². The van der Waals surface area contributed by atoms with Gasteiger partial charge >= 0.3 is 5.97 Å². The molecule has 0 aliphatic heterocycles. The summed E-state index contributed by atoms with van der Waals surface area (Å²) in [7, 11) is 0. The molecule has 0 bridgehead atoms. The number of carbonyl (C=O) groups is 1. The van der Waals surface area contributed by atoms with Crippen LogP contribution in [0.25, 0.3) is 0 Å². The van der Waals surface area contributed by atoms with Crippen LogP contribution in [0.2, 0.25) is 0 Å². The zero-order valence-electron chi connectivity index (χ0n) is 10.5. The maximum absolute atomic E-state index is 11.0. The second kappa shape index (κ2) is 7.63. The molecule has 94 valence electrons. The van der Waals surface area contributed by atoms with E-state index < -0.39 is 0 Å². The number of nitrogens with zero attached hydrogens (tertiary/aromatic N) is 1. The van der Waals surface area contributed by atoms with Gasteiger partial charge in [-0.15, -0.1) is 0 Å². The summed E-state index contributed by atoms with van der Waals surface area (Å²) < 4.78 is 4.85. The normalized spacial score (nSPS) is 15.4. The molecule has 0 heterocycles. The Morgan fingerprint density at radius 2 is 2.12 bits per heavy atom. The summed E-state index contributed by atoms with van der Waals surface area (Å²) in [4.78, 5) is 13.5. The zero-order valence-corrected chi connectivity index (χ0v) is 10.5. The molecule has 4 heteroatoms. The molecule has 0 aromatic rings. The molecule has 0 aromatic heterocycles. The first-order chi connectivity index (χ1) is 7.77. The molecule has 4 nitrogen and oxygen atoms in total. The number of carbonyl (C=O) groups excluding carboxylic acids is 1. The maximum atomic E-state index is 11.0. The van der Waals surface area contributed by atoms with Gasteiger partial charge in [0.15, 0.2) is 0 Å². The molecule has 1 N–H and O–H groups in total. The summed E-state index contributed by atoms with van der Waals surface area (Å²) in [6.45, 7) is 8.42. The monoisotopic (exact) mass is 228 g/mol. The number of hydrogen-bond acceptors (Lipinski definition) is 4. The lowest BCUT2D eigenvalue weighted by Crippen LogP contribution is -2.34. The summed E-state index contributed by atoms with van der Waals surface area (Å²) >= 11 is 0. The topological polar surface area (TPSA) is 41.6 Å². The van der Waals surface area contributed by atoms with Crippen molar-refractivity contribution in [3.05, 3.63) is 0 Å². The van der Waals surface area contributed by atoms with Crippen LogP contribution in [0.15, 0.2) is 0 Å². The van der Waals surface area contributed by atoms with Crippen molar-refractivity contribution in [3.8, 4) is 0 Å². The van der Waals surface area contributed by atoms with Crippen LogP contribution in [-0.4, -0.2) is 49.7 Å². The Labute approximate surface area is 98.3 Å². The van der Waals surface area contributed by atoms with Gasteiger partial charge in [0.1, 0.15) is 0 Å². The largest absolute Gasteiger partial charge is 0.466 e. The van der Waals surface area contributed by atoms with Crippen LogP contribution in [0.3, 0.4) is 0 Å². The van der Waals surface area contributed by atoms with Gasteiger partial charge in [-0.25, -0.2) is 0 Å². The quantitative estimate of drug-likeness (QED) is 0.472. The SMILES string of the molecule is CCOC(=O)CCNCCN(CC)C1CC1. The molecule has 1 saturated carbocycles. The van der Waals surface area contributed by atoms with Crippen molar-refractivity contribution in [1.82, 2.24) is 10.2 Å². The van der Waals surface area contributed by atoms with Crippen molar-refractivity contribution >= 4 is 5.97 Å². The lowest BCUT2D eigenvalue weighted by atomic mass is 10.4. The summed E-state index contributed by atoms with van der Waals surface area (Å²) in [5, 5.41) is 3.28. The molecule has 1 aliphatic rings. The molecule has 0 unspecified atom stereocenters. The predicted octanol–water partition coefficient (Wildman–Crippen LogP) is 1.01. The van der Waals surface area contributed by atoms with Gasteiger partial charge < -0.3 is 10.1 Å². The molecule has 16 heavy (non-hydrogen) atoms. The molecule has 1 fully saturated rings. The van der Waals surface area contributed by atoms with Crippen molar-refractivity contribution in [3.63, 3.8) is 0 Å². The maximum Gasteiger partial charge on any atom is 0.307 e. The lowest BCUT2D eigenvalue weighted by molar-refractivity contribution is -0.142. The number of esters is 1. The van der Waals surface area contributed by atoms with Crippen LogP contribution in [0.4, 0.5) is 0 Å². The predicted molar refractivity (Wildman–Crippen MR) is 64.4 cm³/mol. The third-order valence-electron chi connectivity index (χ3n) is 2.86. The number of rotatable bonds is 9. The Hall–Kier alpha value is -0.610. The highest BCUT2D eigenvalue weighted by Gasteiger charge is 2.26. The minimum atomic E-state index is -0.107. The summed E-state index contributed by atoms with van der Waals surface area (Å²) in [6, 6.07) is 0.830. The van der Waals surface area contributed by atoms with Gasteiger partial charge in [0.05, 0.1) is 13.0 Å². The average molecular weight is 228 g/mol. The molecule has 0 spiro atoms. The second-order valence-electron chi connectivity index (χ2n) is 4.16. The first-order valence-electron chi connectivity index (χ1n) is 6.38. The Kier molecular flexibility index (Phi) is 6.42. The zero-order chi connectivity index (χ0) is 11.8. The van der Waals surface area contributed by atoms with E-state index in [2.05, 4.69) is 17.1 Å². The third kappa shape index (κ3) is 5.47. The smallest absolute Gasteiger partial charge is 0.307 e. The number of nitrogens with one attached hydrogen (secondary N) is 1. The van der Waals surface area contributed by atoms with E-state index in [-0.39, 0.29) is 5.97 Å². The molecule has 0 saturated heterocycles. The van der Waals surface area contributed by atoms with Gasteiger partial charge in [-0.2, -0.15) is 0 Å². The van der Waals surface area contributed by atoms with Crippen molar-refractivity contribution in [2.75, 3.05) is 32.8 Å². The molecule has 1 rings (SSSR count). The highest BCUT2D eigenvalue weighted by Crippen LogP contribution is 2.25. The molecular formula is C12H24N2O2. The molecule has 0 atom stereocenters. The number of ether oxygens (including phenoxy) is 1.